The fourth-order valence-electron chi connectivity index (χ4n) is 3.28. The van der Waals surface area contributed by atoms with Crippen LogP contribution in [0.1, 0.15) is 42.8 Å². The number of carbonyl (C=O) groups excluding carboxylic acids is 1. The van der Waals surface area contributed by atoms with Crippen LogP contribution in [0.3, 0.4) is 0 Å². The van der Waals surface area contributed by atoms with E-state index in [2.05, 4.69) is 15.2 Å². The van der Waals surface area contributed by atoms with E-state index in [1.54, 1.807) is 12.7 Å². The molecular formula is C16H23N5O2. The fraction of sp³-hybridized carbons (Fsp3) is 0.625. The predicted molar refractivity (Wildman–Crippen MR) is 83.7 cm³/mol. The summed E-state index contributed by atoms with van der Waals surface area (Å²) >= 11 is 0. The molecular weight excluding hydrogens is 294 g/mol. The zero-order chi connectivity index (χ0) is 16.4. The van der Waals surface area contributed by atoms with E-state index >= 15 is 0 Å². The van der Waals surface area contributed by atoms with Gasteiger partial charge in [-0.15, -0.1) is 0 Å². The number of hydrogen-bond acceptors (Lipinski definition) is 5. The molecule has 0 saturated carbocycles. The normalized spacial score (nSPS) is 19.8. The summed E-state index contributed by atoms with van der Waals surface area (Å²) in [4.78, 5) is 18.8. The van der Waals surface area contributed by atoms with Crippen LogP contribution in [0.2, 0.25) is 0 Å². The molecule has 1 aliphatic rings. The van der Waals surface area contributed by atoms with Crippen molar-refractivity contribution in [3.8, 4) is 0 Å². The molecule has 3 rings (SSSR count). The van der Waals surface area contributed by atoms with Gasteiger partial charge in [0.1, 0.15) is 18.4 Å². The number of hydrogen-bond donors (Lipinski definition) is 0. The third-order valence-electron chi connectivity index (χ3n) is 4.63. The number of piperidine rings is 1. The second-order valence-electron chi connectivity index (χ2n) is 6.36. The molecule has 1 amide bonds. The van der Waals surface area contributed by atoms with Crippen LogP contribution in [0.5, 0.6) is 0 Å². The van der Waals surface area contributed by atoms with Crippen LogP contribution >= 0.6 is 0 Å². The van der Waals surface area contributed by atoms with Crippen molar-refractivity contribution in [1.82, 2.24) is 24.8 Å². The summed E-state index contributed by atoms with van der Waals surface area (Å²) in [7, 11) is 0. The Morgan fingerprint density at radius 1 is 1.48 bits per heavy atom. The molecule has 124 valence electrons. The lowest BCUT2D eigenvalue weighted by molar-refractivity contribution is -0.136. The summed E-state index contributed by atoms with van der Waals surface area (Å²) in [5, 5.41) is 8.18. The number of rotatable bonds is 4. The summed E-state index contributed by atoms with van der Waals surface area (Å²) in [5.41, 5.74) is 1.93. The average Bonchev–Trinajstić information content (AvgIpc) is 3.20. The maximum absolute atomic E-state index is 12.8. The van der Waals surface area contributed by atoms with Crippen molar-refractivity contribution in [1.29, 1.82) is 0 Å². The molecule has 23 heavy (non-hydrogen) atoms. The Morgan fingerprint density at radius 2 is 2.30 bits per heavy atom. The quantitative estimate of drug-likeness (QED) is 0.861. The lowest BCUT2D eigenvalue weighted by Gasteiger charge is -2.34. The lowest BCUT2D eigenvalue weighted by atomic mass is 9.97. The first-order chi connectivity index (χ1) is 11.1. The summed E-state index contributed by atoms with van der Waals surface area (Å²) in [6.45, 7) is 7.32. The number of aryl methyl sites for hydroxylation is 2. The van der Waals surface area contributed by atoms with E-state index in [-0.39, 0.29) is 17.9 Å². The fourth-order valence-corrected chi connectivity index (χ4v) is 3.28. The maximum atomic E-state index is 12.8. The van der Waals surface area contributed by atoms with Crippen molar-refractivity contribution in [2.45, 2.75) is 46.1 Å². The highest BCUT2D eigenvalue weighted by atomic mass is 16.5. The van der Waals surface area contributed by atoms with Crippen molar-refractivity contribution in [2.24, 2.45) is 5.92 Å². The number of amides is 1. The Bertz CT molecular complexity index is 645. The highest BCUT2D eigenvalue weighted by molar-refractivity contribution is 5.79. The van der Waals surface area contributed by atoms with E-state index in [0.29, 0.717) is 13.0 Å². The van der Waals surface area contributed by atoms with Gasteiger partial charge in [0, 0.05) is 24.6 Å². The molecule has 0 spiro atoms. The van der Waals surface area contributed by atoms with Crippen molar-refractivity contribution in [2.75, 3.05) is 13.1 Å². The SMILES string of the molecule is Cc1noc(C)c1C[C@@H](C)C(=O)N1CCC[C@@H](n2cncn2)C1. The Labute approximate surface area is 135 Å². The number of likely N-dealkylation sites (tertiary alicyclic amines) is 1. The van der Waals surface area contributed by atoms with Crippen LogP contribution in [-0.4, -0.2) is 43.8 Å². The summed E-state index contributed by atoms with van der Waals surface area (Å²) in [5.74, 6) is 0.914. The van der Waals surface area contributed by atoms with Crippen molar-refractivity contribution in [3.05, 3.63) is 29.7 Å². The minimum Gasteiger partial charge on any atom is -0.361 e. The van der Waals surface area contributed by atoms with Gasteiger partial charge in [0.2, 0.25) is 5.91 Å². The average molecular weight is 317 g/mol. The molecule has 1 fully saturated rings. The molecule has 0 unspecified atom stereocenters. The van der Waals surface area contributed by atoms with Crippen LogP contribution in [0, 0.1) is 19.8 Å². The molecule has 1 saturated heterocycles. The Balaban J connectivity index is 1.65. The molecule has 0 N–H and O–H groups in total. The summed E-state index contributed by atoms with van der Waals surface area (Å²) in [6.07, 6.45) is 5.97. The molecule has 1 aliphatic heterocycles. The minimum absolute atomic E-state index is 0.0821. The number of carbonyl (C=O) groups is 1. The van der Waals surface area contributed by atoms with Crippen molar-refractivity contribution < 1.29 is 9.32 Å². The minimum atomic E-state index is -0.0821. The van der Waals surface area contributed by atoms with Gasteiger partial charge >= 0.3 is 0 Å². The van der Waals surface area contributed by atoms with Crippen molar-refractivity contribution in [3.63, 3.8) is 0 Å². The van der Waals surface area contributed by atoms with Gasteiger partial charge in [0.05, 0.1) is 11.7 Å². The molecule has 2 atom stereocenters. The first-order valence-electron chi connectivity index (χ1n) is 8.11. The van der Waals surface area contributed by atoms with E-state index in [0.717, 1.165) is 36.4 Å². The Kier molecular flexibility index (Phi) is 4.45. The Morgan fingerprint density at radius 3 is 2.96 bits per heavy atom. The molecule has 0 aromatic carbocycles. The van der Waals surface area contributed by atoms with E-state index < -0.39 is 0 Å². The van der Waals surface area contributed by atoms with E-state index in [1.807, 2.05) is 30.4 Å². The van der Waals surface area contributed by atoms with Gasteiger partial charge in [-0.25, -0.2) is 9.67 Å². The van der Waals surface area contributed by atoms with Gasteiger partial charge in [-0.3, -0.25) is 4.79 Å². The summed E-state index contributed by atoms with van der Waals surface area (Å²) < 4.78 is 7.05. The largest absolute Gasteiger partial charge is 0.361 e. The topological polar surface area (TPSA) is 77.0 Å². The molecule has 0 aliphatic carbocycles. The van der Waals surface area contributed by atoms with Crippen LogP contribution in [0.25, 0.3) is 0 Å². The molecule has 0 bridgehead atoms. The molecule has 7 heteroatoms. The second-order valence-corrected chi connectivity index (χ2v) is 6.36. The van der Waals surface area contributed by atoms with Crippen LogP contribution < -0.4 is 0 Å². The molecule has 3 heterocycles. The highest BCUT2D eigenvalue weighted by Crippen LogP contribution is 2.24. The van der Waals surface area contributed by atoms with Gasteiger partial charge in [-0.2, -0.15) is 5.10 Å². The van der Waals surface area contributed by atoms with Gasteiger partial charge in [0.25, 0.3) is 0 Å². The summed E-state index contributed by atoms with van der Waals surface area (Å²) in [6, 6.07) is 0.224. The van der Waals surface area contributed by atoms with Crippen LogP contribution in [0.4, 0.5) is 0 Å². The maximum Gasteiger partial charge on any atom is 0.225 e. The Hall–Kier alpha value is -2.18. The zero-order valence-corrected chi connectivity index (χ0v) is 13.9. The second kappa shape index (κ2) is 6.52. The first kappa shape index (κ1) is 15.7. The van der Waals surface area contributed by atoms with Gasteiger partial charge < -0.3 is 9.42 Å². The van der Waals surface area contributed by atoms with Gasteiger partial charge in [0.15, 0.2) is 0 Å². The zero-order valence-electron chi connectivity index (χ0n) is 13.9. The van der Waals surface area contributed by atoms with Gasteiger partial charge in [-0.1, -0.05) is 12.1 Å². The monoisotopic (exact) mass is 317 g/mol. The smallest absolute Gasteiger partial charge is 0.225 e. The standard InChI is InChI=1S/C16H23N5O2/c1-11(7-15-12(2)19-23-13(15)3)16(22)20-6-4-5-14(8-20)21-10-17-9-18-21/h9-11,14H,4-8H2,1-3H3/t11-,14-/m1/s1. The van der Waals surface area contributed by atoms with E-state index in [9.17, 15) is 4.79 Å². The number of aromatic nitrogens is 4. The van der Waals surface area contributed by atoms with Crippen LogP contribution in [0.15, 0.2) is 17.2 Å². The van der Waals surface area contributed by atoms with E-state index in [4.69, 9.17) is 4.52 Å². The third kappa shape index (κ3) is 3.28. The predicted octanol–water partition coefficient (Wildman–Crippen LogP) is 1.93. The van der Waals surface area contributed by atoms with Crippen molar-refractivity contribution >= 4 is 5.91 Å². The molecule has 0 radical (unpaired) electrons. The third-order valence-corrected chi connectivity index (χ3v) is 4.63. The molecule has 2 aromatic rings. The molecule has 2 aromatic heterocycles. The lowest BCUT2D eigenvalue weighted by Crippen LogP contribution is -2.43. The molecule has 7 nitrogen and oxygen atoms in total. The first-order valence-corrected chi connectivity index (χ1v) is 8.11. The highest BCUT2D eigenvalue weighted by Gasteiger charge is 2.29. The van der Waals surface area contributed by atoms with Gasteiger partial charge in [-0.05, 0) is 33.1 Å². The van der Waals surface area contributed by atoms with Crippen LogP contribution in [-0.2, 0) is 11.2 Å². The van der Waals surface area contributed by atoms with E-state index in [1.165, 1.54) is 0 Å². The number of nitrogens with zero attached hydrogens (tertiary/aromatic N) is 5.